The Bertz CT molecular complexity index is 479. The van der Waals surface area contributed by atoms with Gasteiger partial charge in [-0.2, -0.15) is 0 Å². The molecule has 5 heteroatoms. The lowest BCUT2D eigenvalue weighted by Crippen LogP contribution is -2.54. The molecule has 1 saturated heterocycles. The Morgan fingerprint density at radius 2 is 2.16 bits per heavy atom. The van der Waals surface area contributed by atoms with Crippen LogP contribution in [0.4, 0.5) is 0 Å². The first-order chi connectivity index (χ1) is 9.26. The highest BCUT2D eigenvalue weighted by atomic mass is 16.5. The zero-order valence-corrected chi connectivity index (χ0v) is 11.1. The molecule has 0 atom stereocenters. The highest BCUT2D eigenvalue weighted by molar-refractivity contribution is 5.83. The molecule has 1 aromatic heterocycles. The molecule has 5 nitrogen and oxygen atoms in total. The van der Waals surface area contributed by atoms with Gasteiger partial charge in [0.1, 0.15) is 0 Å². The van der Waals surface area contributed by atoms with E-state index in [0.29, 0.717) is 25.0 Å². The highest BCUT2D eigenvalue weighted by Gasteiger charge is 2.51. The molecule has 1 aliphatic carbocycles. The number of rotatable bonds is 3. The van der Waals surface area contributed by atoms with Gasteiger partial charge >= 0.3 is 5.97 Å². The van der Waals surface area contributed by atoms with Crippen molar-refractivity contribution in [1.82, 2.24) is 9.97 Å². The van der Waals surface area contributed by atoms with Crippen molar-refractivity contribution in [3.8, 4) is 0 Å². The molecule has 2 fully saturated rings. The van der Waals surface area contributed by atoms with Gasteiger partial charge in [-0.15, -0.1) is 0 Å². The normalized spacial score (nSPS) is 21.9. The van der Waals surface area contributed by atoms with Gasteiger partial charge in [0.05, 0.1) is 20.3 Å². The summed E-state index contributed by atoms with van der Waals surface area (Å²) in [6, 6.07) is 1.96. The van der Waals surface area contributed by atoms with E-state index in [9.17, 15) is 4.79 Å². The Morgan fingerprint density at radius 1 is 1.42 bits per heavy atom. The third-order valence-corrected chi connectivity index (χ3v) is 4.15. The molecule has 1 aliphatic heterocycles. The first-order valence-electron chi connectivity index (χ1n) is 6.76. The summed E-state index contributed by atoms with van der Waals surface area (Å²) in [6.07, 6.45) is 6.62. The zero-order valence-electron chi connectivity index (χ0n) is 11.1. The monoisotopic (exact) mass is 262 g/mol. The first kappa shape index (κ1) is 12.5. The first-order valence-corrected chi connectivity index (χ1v) is 6.76. The summed E-state index contributed by atoms with van der Waals surface area (Å²) in [5.74, 6) is 0.759. The van der Waals surface area contributed by atoms with E-state index in [-0.39, 0.29) is 5.97 Å². The van der Waals surface area contributed by atoms with Gasteiger partial charge in [-0.25, -0.2) is 9.97 Å². The van der Waals surface area contributed by atoms with Gasteiger partial charge in [-0.1, -0.05) is 12.8 Å². The van der Waals surface area contributed by atoms with E-state index in [1.807, 2.05) is 6.07 Å². The number of carbonyl (C=O) groups is 1. The lowest BCUT2D eigenvalue weighted by Gasteiger charge is -2.37. The van der Waals surface area contributed by atoms with Gasteiger partial charge in [0.25, 0.3) is 0 Å². The lowest BCUT2D eigenvalue weighted by atomic mass is 9.84. The number of aromatic nitrogens is 2. The molecule has 1 aromatic rings. The number of hydrogen-bond acceptors (Lipinski definition) is 5. The Balaban J connectivity index is 1.91. The maximum atomic E-state index is 12.0. The molecule has 19 heavy (non-hydrogen) atoms. The Labute approximate surface area is 112 Å². The summed E-state index contributed by atoms with van der Waals surface area (Å²) < 4.78 is 10.1. The van der Waals surface area contributed by atoms with Gasteiger partial charge in [-0.3, -0.25) is 4.79 Å². The summed E-state index contributed by atoms with van der Waals surface area (Å²) in [7, 11) is 1.39. The maximum absolute atomic E-state index is 12.0. The van der Waals surface area contributed by atoms with Gasteiger partial charge in [0.15, 0.2) is 11.2 Å². The SMILES string of the molecule is COC(=O)C1(c2nccc(C3CCCC3)n2)COC1. The number of hydrogen-bond donors (Lipinski definition) is 0. The molecule has 0 unspecified atom stereocenters. The standard InChI is InChI=1S/C14H18N2O3/c1-18-13(17)14(8-19-9-14)12-15-7-6-11(16-12)10-4-2-3-5-10/h6-7,10H,2-5,8-9H2,1H3. The van der Waals surface area contributed by atoms with Crippen molar-refractivity contribution in [3.05, 3.63) is 23.8 Å². The fraction of sp³-hybridized carbons (Fsp3) is 0.643. The van der Waals surface area contributed by atoms with Gasteiger partial charge in [0, 0.05) is 17.8 Å². The molecule has 0 spiro atoms. The van der Waals surface area contributed by atoms with Crippen LogP contribution in [0.3, 0.4) is 0 Å². The zero-order chi connectivity index (χ0) is 13.3. The van der Waals surface area contributed by atoms with Gasteiger partial charge < -0.3 is 9.47 Å². The van der Waals surface area contributed by atoms with Gasteiger partial charge in [0.2, 0.25) is 0 Å². The average Bonchev–Trinajstić information content (AvgIpc) is 2.91. The lowest BCUT2D eigenvalue weighted by molar-refractivity contribution is -0.167. The van der Waals surface area contributed by atoms with Crippen LogP contribution in [0.15, 0.2) is 12.3 Å². The number of methoxy groups -OCH3 is 1. The second kappa shape index (κ2) is 4.89. The third-order valence-electron chi connectivity index (χ3n) is 4.15. The number of carbonyl (C=O) groups excluding carboxylic acids is 1. The van der Waals surface area contributed by atoms with Crippen molar-refractivity contribution >= 4 is 5.97 Å². The van der Waals surface area contributed by atoms with Crippen LogP contribution in [0.25, 0.3) is 0 Å². The van der Waals surface area contributed by atoms with E-state index in [1.165, 1.54) is 32.8 Å². The van der Waals surface area contributed by atoms with E-state index >= 15 is 0 Å². The van der Waals surface area contributed by atoms with E-state index in [4.69, 9.17) is 9.47 Å². The molecule has 1 saturated carbocycles. The minimum absolute atomic E-state index is 0.303. The number of esters is 1. The molecule has 0 aromatic carbocycles. The van der Waals surface area contributed by atoms with E-state index in [1.54, 1.807) is 6.20 Å². The van der Waals surface area contributed by atoms with E-state index in [0.717, 1.165) is 5.69 Å². The van der Waals surface area contributed by atoms with Crippen molar-refractivity contribution in [3.63, 3.8) is 0 Å². The second-order valence-electron chi connectivity index (χ2n) is 5.35. The fourth-order valence-corrected chi connectivity index (χ4v) is 2.89. The molecular weight excluding hydrogens is 244 g/mol. The van der Waals surface area contributed by atoms with Crippen molar-refractivity contribution in [2.45, 2.75) is 37.0 Å². The highest BCUT2D eigenvalue weighted by Crippen LogP contribution is 2.35. The van der Waals surface area contributed by atoms with Crippen molar-refractivity contribution in [2.24, 2.45) is 0 Å². The number of nitrogens with zero attached hydrogens (tertiary/aromatic N) is 2. The van der Waals surface area contributed by atoms with Crippen molar-refractivity contribution in [2.75, 3.05) is 20.3 Å². The fourth-order valence-electron chi connectivity index (χ4n) is 2.89. The van der Waals surface area contributed by atoms with Crippen LogP contribution in [0.5, 0.6) is 0 Å². The topological polar surface area (TPSA) is 61.3 Å². The van der Waals surface area contributed by atoms with Crippen LogP contribution in [0.1, 0.15) is 43.1 Å². The van der Waals surface area contributed by atoms with Crippen LogP contribution in [0.2, 0.25) is 0 Å². The Morgan fingerprint density at radius 3 is 2.74 bits per heavy atom. The molecule has 3 rings (SSSR count). The molecule has 102 valence electrons. The summed E-state index contributed by atoms with van der Waals surface area (Å²) >= 11 is 0. The van der Waals surface area contributed by atoms with Crippen molar-refractivity contribution in [1.29, 1.82) is 0 Å². The van der Waals surface area contributed by atoms with Crippen LogP contribution in [-0.4, -0.2) is 36.3 Å². The predicted molar refractivity (Wildman–Crippen MR) is 67.8 cm³/mol. The largest absolute Gasteiger partial charge is 0.468 e. The predicted octanol–water partition coefficient (Wildman–Crippen LogP) is 1.58. The molecule has 2 aliphatic rings. The minimum atomic E-state index is -0.788. The van der Waals surface area contributed by atoms with E-state index < -0.39 is 5.41 Å². The van der Waals surface area contributed by atoms with Gasteiger partial charge in [-0.05, 0) is 18.9 Å². The van der Waals surface area contributed by atoms with Crippen LogP contribution < -0.4 is 0 Å². The maximum Gasteiger partial charge on any atom is 0.324 e. The third kappa shape index (κ3) is 2.02. The average molecular weight is 262 g/mol. The summed E-state index contributed by atoms with van der Waals surface area (Å²) in [5.41, 5.74) is 0.265. The summed E-state index contributed by atoms with van der Waals surface area (Å²) in [4.78, 5) is 20.9. The van der Waals surface area contributed by atoms with E-state index in [2.05, 4.69) is 9.97 Å². The second-order valence-corrected chi connectivity index (χ2v) is 5.35. The summed E-state index contributed by atoms with van der Waals surface area (Å²) in [6.45, 7) is 0.627. The summed E-state index contributed by atoms with van der Waals surface area (Å²) in [5, 5.41) is 0. The van der Waals surface area contributed by atoms with Crippen LogP contribution in [0, 0.1) is 0 Å². The molecule has 0 bridgehead atoms. The van der Waals surface area contributed by atoms with Crippen molar-refractivity contribution < 1.29 is 14.3 Å². The number of ether oxygens (including phenoxy) is 2. The van der Waals surface area contributed by atoms with Crippen LogP contribution >= 0.6 is 0 Å². The molecule has 0 N–H and O–H groups in total. The molecule has 0 radical (unpaired) electrons. The smallest absolute Gasteiger partial charge is 0.324 e. The molecule has 2 heterocycles. The quantitative estimate of drug-likeness (QED) is 0.774. The van der Waals surface area contributed by atoms with Crippen LogP contribution in [-0.2, 0) is 19.7 Å². The Kier molecular flexibility index (Phi) is 3.22. The molecule has 0 amide bonds. The molecular formula is C14H18N2O3. The minimum Gasteiger partial charge on any atom is -0.468 e. The Hall–Kier alpha value is -1.49.